The normalized spacial score (nSPS) is 13.8. The average molecular weight is 356 g/mol. The fraction of sp³-hybridized carbons (Fsp3) is 0.278. The predicted octanol–water partition coefficient (Wildman–Crippen LogP) is 3.58. The molecule has 25 heavy (non-hydrogen) atoms. The van der Waals surface area contributed by atoms with Crippen LogP contribution in [0.3, 0.4) is 0 Å². The van der Waals surface area contributed by atoms with Crippen LogP contribution >= 0.6 is 11.3 Å². The number of benzene rings is 1. The second kappa shape index (κ2) is 6.40. The lowest BCUT2D eigenvalue weighted by atomic mass is 10.3. The number of hydrogen-bond acceptors (Lipinski definition) is 4. The van der Waals surface area contributed by atoms with Gasteiger partial charge in [-0.2, -0.15) is 0 Å². The van der Waals surface area contributed by atoms with Gasteiger partial charge in [-0.1, -0.05) is 6.07 Å². The van der Waals surface area contributed by atoms with Gasteiger partial charge in [-0.15, -0.1) is 16.4 Å². The molecule has 1 fully saturated rings. The Labute approximate surface area is 148 Å². The van der Waals surface area contributed by atoms with E-state index in [2.05, 4.69) is 10.1 Å². The molecule has 128 valence electrons. The molecule has 0 bridgehead atoms. The highest BCUT2D eigenvalue weighted by Gasteiger charge is 2.35. The van der Waals surface area contributed by atoms with Crippen LogP contribution in [0.5, 0.6) is 0 Å². The minimum Gasteiger partial charge on any atom is -0.328 e. The highest BCUT2D eigenvalue weighted by atomic mass is 32.1. The molecule has 0 saturated heterocycles. The van der Waals surface area contributed by atoms with Crippen molar-refractivity contribution in [2.24, 2.45) is 0 Å². The zero-order valence-corrected chi connectivity index (χ0v) is 14.5. The van der Waals surface area contributed by atoms with Gasteiger partial charge in [0.1, 0.15) is 11.6 Å². The second-order valence-corrected chi connectivity index (χ2v) is 7.15. The highest BCUT2D eigenvalue weighted by molar-refractivity contribution is 7.09. The Balaban J connectivity index is 1.61. The van der Waals surface area contributed by atoms with Gasteiger partial charge in [0.25, 0.3) is 5.91 Å². The molecule has 4 rings (SSSR count). The van der Waals surface area contributed by atoms with Gasteiger partial charge < -0.3 is 4.90 Å². The Morgan fingerprint density at radius 3 is 2.72 bits per heavy atom. The third-order valence-corrected chi connectivity index (χ3v) is 5.05. The van der Waals surface area contributed by atoms with E-state index < -0.39 is 0 Å². The number of aromatic nitrogens is 3. The van der Waals surface area contributed by atoms with Crippen LogP contribution in [0.4, 0.5) is 4.39 Å². The summed E-state index contributed by atoms with van der Waals surface area (Å²) in [4.78, 5) is 20.3. The minimum atomic E-state index is -0.311. The monoisotopic (exact) mass is 356 g/mol. The van der Waals surface area contributed by atoms with Gasteiger partial charge >= 0.3 is 0 Å². The third-order valence-electron chi connectivity index (χ3n) is 4.19. The molecule has 0 atom stereocenters. The first kappa shape index (κ1) is 16.0. The number of carbonyl (C=O) groups is 1. The van der Waals surface area contributed by atoms with Crippen LogP contribution in [0.2, 0.25) is 0 Å². The minimum absolute atomic E-state index is 0.153. The molecule has 3 aromatic rings. The number of amides is 1. The SMILES string of the molecule is Cc1nc(C(=O)N(Cc2cccs2)C2CC2)nn1-c1ccc(F)cc1. The first-order valence-electron chi connectivity index (χ1n) is 8.15. The van der Waals surface area contributed by atoms with Crippen molar-refractivity contribution in [2.45, 2.75) is 32.4 Å². The lowest BCUT2D eigenvalue weighted by Crippen LogP contribution is -2.33. The Hall–Kier alpha value is -2.54. The molecule has 1 aromatic carbocycles. The molecule has 0 aliphatic heterocycles. The lowest BCUT2D eigenvalue weighted by molar-refractivity contribution is 0.0719. The fourth-order valence-electron chi connectivity index (χ4n) is 2.76. The van der Waals surface area contributed by atoms with Crippen LogP contribution in [-0.4, -0.2) is 31.6 Å². The number of carbonyl (C=O) groups excluding carboxylic acids is 1. The Bertz CT molecular complexity index is 884. The summed E-state index contributed by atoms with van der Waals surface area (Å²) in [6.45, 7) is 2.37. The van der Waals surface area contributed by atoms with Gasteiger partial charge in [-0.05, 0) is 55.5 Å². The van der Waals surface area contributed by atoms with Crippen molar-refractivity contribution in [3.05, 3.63) is 64.1 Å². The number of nitrogens with zero attached hydrogens (tertiary/aromatic N) is 4. The smallest absolute Gasteiger partial charge is 0.294 e. The molecule has 0 spiro atoms. The summed E-state index contributed by atoms with van der Waals surface area (Å²) in [6.07, 6.45) is 2.05. The van der Waals surface area contributed by atoms with Crippen LogP contribution in [-0.2, 0) is 6.54 Å². The van der Waals surface area contributed by atoms with Gasteiger partial charge in [-0.25, -0.2) is 14.1 Å². The number of thiophene rings is 1. The summed E-state index contributed by atoms with van der Waals surface area (Å²) < 4.78 is 14.7. The second-order valence-electron chi connectivity index (χ2n) is 6.11. The van der Waals surface area contributed by atoms with Crippen molar-refractivity contribution in [2.75, 3.05) is 0 Å². The van der Waals surface area contributed by atoms with Crippen molar-refractivity contribution in [1.82, 2.24) is 19.7 Å². The Morgan fingerprint density at radius 1 is 1.32 bits per heavy atom. The van der Waals surface area contributed by atoms with E-state index in [1.54, 1.807) is 35.1 Å². The number of aryl methyl sites for hydroxylation is 1. The summed E-state index contributed by atoms with van der Waals surface area (Å²) >= 11 is 1.64. The maximum Gasteiger partial charge on any atom is 0.294 e. The summed E-state index contributed by atoms with van der Waals surface area (Å²) in [5.41, 5.74) is 0.682. The zero-order valence-electron chi connectivity index (χ0n) is 13.7. The summed E-state index contributed by atoms with van der Waals surface area (Å²) in [7, 11) is 0. The van der Waals surface area contributed by atoms with Crippen molar-refractivity contribution >= 4 is 17.2 Å². The lowest BCUT2D eigenvalue weighted by Gasteiger charge is -2.20. The fourth-order valence-corrected chi connectivity index (χ4v) is 3.46. The molecule has 2 aromatic heterocycles. The summed E-state index contributed by atoms with van der Waals surface area (Å²) in [5.74, 6) is 0.320. The molecule has 0 unspecified atom stereocenters. The van der Waals surface area contributed by atoms with E-state index in [0.717, 1.165) is 17.7 Å². The quantitative estimate of drug-likeness (QED) is 0.702. The molecule has 7 heteroatoms. The molecule has 0 N–H and O–H groups in total. The van der Waals surface area contributed by atoms with E-state index in [9.17, 15) is 9.18 Å². The number of halogens is 1. The Kier molecular flexibility index (Phi) is 4.09. The first-order valence-corrected chi connectivity index (χ1v) is 9.03. The van der Waals surface area contributed by atoms with E-state index in [1.165, 1.54) is 12.1 Å². The number of rotatable bonds is 5. The first-order chi connectivity index (χ1) is 12.1. The van der Waals surface area contributed by atoms with E-state index in [1.807, 2.05) is 22.4 Å². The molecule has 0 radical (unpaired) electrons. The van der Waals surface area contributed by atoms with Crippen LogP contribution < -0.4 is 0 Å². The molecule has 2 heterocycles. The molecular formula is C18H17FN4OS. The maximum absolute atomic E-state index is 13.1. The van der Waals surface area contributed by atoms with Crippen molar-refractivity contribution in [1.29, 1.82) is 0 Å². The van der Waals surface area contributed by atoms with Crippen LogP contribution in [0.15, 0.2) is 41.8 Å². The summed E-state index contributed by atoms with van der Waals surface area (Å²) in [5, 5.41) is 6.38. The molecular weight excluding hydrogens is 339 g/mol. The van der Waals surface area contributed by atoms with E-state index in [-0.39, 0.29) is 23.6 Å². The van der Waals surface area contributed by atoms with Crippen molar-refractivity contribution in [3.63, 3.8) is 0 Å². The highest BCUT2D eigenvalue weighted by Crippen LogP contribution is 2.30. The van der Waals surface area contributed by atoms with Gasteiger partial charge in [0.05, 0.1) is 12.2 Å². The number of hydrogen-bond donors (Lipinski definition) is 0. The topological polar surface area (TPSA) is 51.0 Å². The van der Waals surface area contributed by atoms with Crippen LogP contribution in [0.1, 0.15) is 34.2 Å². The molecule has 1 aliphatic rings. The predicted molar refractivity (Wildman–Crippen MR) is 93.3 cm³/mol. The molecule has 1 amide bonds. The van der Waals surface area contributed by atoms with E-state index >= 15 is 0 Å². The van der Waals surface area contributed by atoms with Gasteiger partial charge in [-0.3, -0.25) is 4.79 Å². The van der Waals surface area contributed by atoms with Crippen LogP contribution in [0.25, 0.3) is 5.69 Å². The van der Waals surface area contributed by atoms with Gasteiger partial charge in [0.15, 0.2) is 0 Å². The Morgan fingerprint density at radius 2 is 2.08 bits per heavy atom. The zero-order chi connectivity index (χ0) is 17.4. The molecule has 1 aliphatic carbocycles. The van der Waals surface area contributed by atoms with Gasteiger partial charge in [0.2, 0.25) is 5.82 Å². The third kappa shape index (κ3) is 3.32. The standard InChI is InChI=1S/C18H17FN4OS/c1-12-20-17(21-23(12)15-6-4-13(19)5-7-15)18(24)22(14-8-9-14)11-16-3-2-10-25-16/h2-7,10,14H,8-9,11H2,1H3. The van der Waals surface area contributed by atoms with Crippen molar-refractivity contribution < 1.29 is 9.18 Å². The maximum atomic E-state index is 13.1. The van der Waals surface area contributed by atoms with Crippen molar-refractivity contribution in [3.8, 4) is 5.69 Å². The van der Waals surface area contributed by atoms with Gasteiger partial charge in [0, 0.05) is 10.9 Å². The average Bonchev–Trinajstić information content (AvgIpc) is 3.17. The molecule has 1 saturated carbocycles. The largest absolute Gasteiger partial charge is 0.328 e. The molecule has 5 nitrogen and oxygen atoms in total. The van der Waals surface area contributed by atoms with E-state index in [4.69, 9.17) is 0 Å². The van der Waals surface area contributed by atoms with Crippen LogP contribution in [0, 0.1) is 12.7 Å². The summed E-state index contributed by atoms with van der Waals surface area (Å²) in [6, 6.07) is 10.3. The van der Waals surface area contributed by atoms with E-state index in [0.29, 0.717) is 18.1 Å².